The lowest BCUT2D eigenvalue weighted by Crippen LogP contribution is -2.08. The van der Waals surface area contributed by atoms with Crippen LogP contribution in [0.4, 0.5) is 17.1 Å². The van der Waals surface area contributed by atoms with Gasteiger partial charge in [0.15, 0.2) is 0 Å². The first-order valence-electron chi connectivity index (χ1n) is 7.70. The third-order valence-electron chi connectivity index (χ3n) is 3.83. The number of pyridine rings is 1. The van der Waals surface area contributed by atoms with E-state index in [9.17, 15) is 15.4 Å². The number of fused-ring (bicyclic) bond motifs is 1. The second-order valence-electron chi connectivity index (χ2n) is 5.58. The molecule has 2 aromatic carbocycles. The van der Waals surface area contributed by atoms with Gasteiger partial charge in [0.1, 0.15) is 6.07 Å². The van der Waals surface area contributed by atoms with Gasteiger partial charge in [-0.05, 0) is 30.8 Å². The normalized spacial score (nSPS) is 10.5. The molecule has 0 saturated heterocycles. The van der Waals surface area contributed by atoms with Crippen LogP contribution in [0, 0.1) is 21.4 Å². The van der Waals surface area contributed by atoms with Crippen molar-refractivity contribution in [3.63, 3.8) is 0 Å². The van der Waals surface area contributed by atoms with E-state index >= 15 is 0 Å². The molecule has 0 aliphatic carbocycles. The quantitative estimate of drug-likeness (QED) is 0.480. The third-order valence-corrected chi connectivity index (χ3v) is 4.32. The first-order valence-corrected chi connectivity index (χ1v) is 8.50. The molecular formula is C18H14BrN5O2. The predicted molar refractivity (Wildman–Crippen MR) is 103 cm³/mol. The van der Waals surface area contributed by atoms with E-state index < -0.39 is 4.92 Å². The zero-order valence-electron chi connectivity index (χ0n) is 13.8. The van der Waals surface area contributed by atoms with Crippen molar-refractivity contribution in [3.05, 3.63) is 68.3 Å². The smallest absolute Gasteiger partial charge is 0.270 e. The molecule has 8 heteroatoms. The highest BCUT2D eigenvalue weighted by atomic mass is 79.9. The van der Waals surface area contributed by atoms with Crippen molar-refractivity contribution >= 4 is 43.9 Å². The average molecular weight is 412 g/mol. The van der Waals surface area contributed by atoms with Gasteiger partial charge in [-0.25, -0.2) is 0 Å². The Morgan fingerprint density at radius 2 is 2.15 bits per heavy atom. The van der Waals surface area contributed by atoms with E-state index in [1.165, 1.54) is 18.3 Å². The summed E-state index contributed by atoms with van der Waals surface area (Å²) in [5, 5.41) is 27.6. The van der Waals surface area contributed by atoms with Gasteiger partial charge in [0.2, 0.25) is 0 Å². The number of hydrogen-bond acceptors (Lipinski definition) is 6. The molecule has 0 aliphatic heterocycles. The van der Waals surface area contributed by atoms with E-state index in [2.05, 4.69) is 37.6 Å². The Morgan fingerprint density at radius 1 is 1.35 bits per heavy atom. The molecule has 0 radical (unpaired) electrons. The van der Waals surface area contributed by atoms with Crippen LogP contribution in [-0.4, -0.2) is 17.0 Å². The average Bonchev–Trinajstić information content (AvgIpc) is 2.62. The molecule has 130 valence electrons. The number of aromatic nitrogens is 1. The monoisotopic (exact) mass is 411 g/mol. The molecule has 2 N–H and O–H groups in total. The van der Waals surface area contributed by atoms with Crippen molar-refractivity contribution in [3.8, 4) is 6.07 Å². The lowest BCUT2D eigenvalue weighted by Gasteiger charge is -2.14. The van der Waals surface area contributed by atoms with E-state index in [-0.39, 0.29) is 5.69 Å². The Kier molecular flexibility index (Phi) is 5.11. The van der Waals surface area contributed by atoms with Crippen molar-refractivity contribution in [2.45, 2.75) is 6.54 Å². The Balaban J connectivity index is 2.28. The van der Waals surface area contributed by atoms with Crippen LogP contribution in [0.5, 0.6) is 0 Å². The van der Waals surface area contributed by atoms with Gasteiger partial charge in [0, 0.05) is 40.4 Å². The van der Waals surface area contributed by atoms with Gasteiger partial charge in [-0.15, -0.1) is 0 Å². The molecule has 0 amide bonds. The van der Waals surface area contributed by atoms with Gasteiger partial charge < -0.3 is 10.6 Å². The number of nitrogens with one attached hydrogen (secondary N) is 2. The minimum atomic E-state index is -0.444. The fourth-order valence-corrected chi connectivity index (χ4v) is 3.12. The molecule has 0 fully saturated rings. The van der Waals surface area contributed by atoms with E-state index in [0.717, 1.165) is 10.2 Å². The molecule has 0 unspecified atom stereocenters. The molecule has 0 bridgehead atoms. The Hall–Kier alpha value is -3.02. The van der Waals surface area contributed by atoms with Gasteiger partial charge in [-0.1, -0.05) is 22.0 Å². The van der Waals surface area contributed by atoms with Crippen LogP contribution in [0.1, 0.15) is 11.1 Å². The van der Waals surface area contributed by atoms with E-state index in [1.54, 1.807) is 7.05 Å². The van der Waals surface area contributed by atoms with Gasteiger partial charge in [-0.2, -0.15) is 5.26 Å². The predicted octanol–water partition coefficient (Wildman–Crippen LogP) is 4.24. The van der Waals surface area contributed by atoms with Crippen LogP contribution in [0.3, 0.4) is 0 Å². The largest absolute Gasteiger partial charge is 0.354 e. The molecule has 26 heavy (non-hydrogen) atoms. The summed E-state index contributed by atoms with van der Waals surface area (Å²) in [6.45, 7) is 0.424. The van der Waals surface area contributed by atoms with Crippen molar-refractivity contribution in [1.29, 1.82) is 5.26 Å². The summed E-state index contributed by atoms with van der Waals surface area (Å²) in [6.07, 6.45) is 1.48. The van der Waals surface area contributed by atoms with E-state index in [0.29, 0.717) is 34.3 Å². The lowest BCUT2D eigenvalue weighted by molar-refractivity contribution is -0.384. The van der Waals surface area contributed by atoms with Gasteiger partial charge in [0.25, 0.3) is 5.69 Å². The topological polar surface area (TPSA) is 104 Å². The fraction of sp³-hybridized carbons (Fsp3) is 0.111. The molecule has 3 aromatic rings. The SMILES string of the molecule is CNCc1cc([N+](=O)[O-])cc2c(Nc3cccc(Br)c3)c(C#N)cnc12. The second-order valence-corrected chi connectivity index (χ2v) is 6.50. The Morgan fingerprint density at radius 3 is 2.81 bits per heavy atom. The van der Waals surface area contributed by atoms with Crippen molar-refractivity contribution < 1.29 is 4.92 Å². The lowest BCUT2D eigenvalue weighted by atomic mass is 10.0. The molecule has 0 atom stereocenters. The number of nitro benzene ring substituents is 1. The van der Waals surface area contributed by atoms with Crippen molar-refractivity contribution in [2.24, 2.45) is 0 Å². The number of non-ortho nitro benzene ring substituents is 1. The van der Waals surface area contributed by atoms with Crippen molar-refractivity contribution in [2.75, 3.05) is 12.4 Å². The highest BCUT2D eigenvalue weighted by molar-refractivity contribution is 9.10. The molecular weight excluding hydrogens is 398 g/mol. The van der Waals surface area contributed by atoms with Crippen LogP contribution in [0.2, 0.25) is 0 Å². The molecule has 1 aromatic heterocycles. The maximum atomic E-state index is 11.3. The van der Waals surface area contributed by atoms with Gasteiger partial charge in [0.05, 0.1) is 21.7 Å². The number of anilines is 2. The minimum Gasteiger partial charge on any atom is -0.354 e. The highest BCUT2D eigenvalue weighted by Crippen LogP contribution is 2.34. The number of nitro groups is 1. The standard InChI is InChI=1S/C18H14BrN5O2/c1-21-9-11-5-15(24(25)26)7-16-17(11)22-10-12(8-20)18(16)23-14-4-2-3-13(19)6-14/h2-7,10,21H,9H2,1H3,(H,22,23). The summed E-state index contributed by atoms with van der Waals surface area (Å²) in [4.78, 5) is 15.3. The van der Waals surface area contributed by atoms with E-state index in [4.69, 9.17) is 0 Å². The summed E-state index contributed by atoms with van der Waals surface area (Å²) in [6, 6.07) is 12.5. The van der Waals surface area contributed by atoms with Crippen LogP contribution >= 0.6 is 15.9 Å². The number of nitriles is 1. The molecule has 0 aliphatic rings. The second kappa shape index (κ2) is 7.47. The number of nitrogens with zero attached hydrogens (tertiary/aromatic N) is 3. The van der Waals surface area contributed by atoms with Crippen LogP contribution < -0.4 is 10.6 Å². The summed E-state index contributed by atoms with van der Waals surface area (Å²) in [5.41, 5.74) is 2.83. The molecule has 1 heterocycles. The number of hydrogen-bond donors (Lipinski definition) is 2. The Labute approximate surface area is 157 Å². The number of halogens is 1. The van der Waals surface area contributed by atoms with Crippen LogP contribution in [0.25, 0.3) is 10.9 Å². The molecule has 0 spiro atoms. The minimum absolute atomic E-state index is 0.0445. The molecule has 0 saturated carbocycles. The van der Waals surface area contributed by atoms with Crippen LogP contribution in [0.15, 0.2) is 47.1 Å². The zero-order valence-corrected chi connectivity index (χ0v) is 15.4. The van der Waals surface area contributed by atoms with Crippen molar-refractivity contribution in [1.82, 2.24) is 10.3 Å². The third kappa shape index (κ3) is 3.49. The van der Waals surface area contributed by atoms with Gasteiger partial charge in [-0.3, -0.25) is 15.1 Å². The van der Waals surface area contributed by atoms with Crippen LogP contribution in [-0.2, 0) is 6.54 Å². The first kappa shape index (κ1) is 17.8. The fourth-order valence-electron chi connectivity index (χ4n) is 2.72. The molecule has 3 rings (SSSR count). The number of benzene rings is 2. The molecule has 7 nitrogen and oxygen atoms in total. The maximum absolute atomic E-state index is 11.3. The Bertz CT molecular complexity index is 1050. The van der Waals surface area contributed by atoms with Gasteiger partial charge >= 0.3 is 0 Å². The summed E-state index contributed by atoms with van der Waals surface area (Å²) < 4.78 is 0.876. The zero-order chi connectivity index (χ0) is 18.7. The van der Waals surface area contributed by atoms with E-state index in [1.807, 2.05) is 24.3 Å². The first-order chi connectivity index (χ1) is 12.5. The summed E-state index contributed by atoms with van der Waals surface area (Å²) in [7, 11) is 1.76. The number of rotatable bonds is 5. The maximum Gasteiger partial charge on any atom is 0.270 e. The highest BCUT2D eigenvalue weighted by Gasteiger charge is 2.17. The summed E-state index contributed by atoms with van der Waals surface area (Å²) >= 11 is 3.41. The summed E-state index contributed by atoms with van der Waals surface area (Å²) in [5.74, 6) is 0.